The molecule has 5 nitrogen and oxygen atoms in total. The van der Waals surface area contributed by atoms with Crippen molar-refractivity contribution in [2.24, 2.45) is 5.73 Å². The molecule has 2 heterocycles. The van der Waals surface area contributed by atoms with Crippen LogP contribution in [-0.2, 0) is 6.42 Å². The second-order valence-corrected chi connectivity index (χ2v) is 4.53. The number of alkyl halides is 3. The topological polar surface area (TPSA) is 68.8 Å². The fourth-order valence-electron chi connectivity index (χ4n) is 2.04. The van der Waals surface area contributed by atoms with E-state index in [0.717, 1.165) is 4.68 Å². The molecule has 0 spiro atoms. The number of nitrogens with one attached hydrogen (secondary N) is 1. The number of rotatable bonds is 3. The summed E-state index contributed by atoms with van der Waals surface area (Å²) in [6.07, 6.45) is -3.17. The van der Waals surface area contributed by atoms with Crippen molar-refractivity contribution in [3.63, 3.8) is 0 Å². The molecule has 1 aromatic rings. The monoisotopic (exact) mass is 263 g/mol. The van der Waals surface area contributed by atoms with Gasteiger partial charge in [0.25, 0.3) is 0 Å². The Hall–Kier alpha value is -1.31. The lowest BCUT2D eigenvalue weighted by molar-refractivity contribution is -0.173. The number of fused-ring (bicyclic) bond motifs is 1. The highest BCUT2D eigenvalue weighted by molar-refractivity contribution is 5.30. The lowest BCUT2D eigenvalue weighted by Crippen LogP contribution is -2.38. The standard InChI is InChI=1S/C10H16F3N5/c1-6-5-7(10(11,12)13)18-9(15-6)16-8(17-18)3-2-4-14/h6-7H,2-5,14H2,1H3,(H,15,16,17). The predicted molar refractivity (Wildman–Crippen MR) is 60.2 cm³/mol. The molecular formula is C10H16F3N5. The van der Waals surface area contributed by atoms with E-state index >= 15 is 0 Å². The van der Waals surface area contributed by atoms with Crippen molar-refractivity contribution in [1.82, 2.24) is 14.8 Å². The summed E-state index contributed by atoms with van der Waals surface area (Å²) in [6, 6.07) is -1.86. The van der Waals surface area contributed by atoms with Gasteiger partial charge >= 0.3 is 6.18 Å². The summed E-state index contributed by atoms with van der Waals surface area (Å²) < 4.78 is 39.7. The zero-order valence-electron chi connectivity index (χ0n) is 10.0. The highest BCUT2D eigenvalue weighted by Crippen LogP contribution is 2.38. The number of nitrogens with two attached hydrogens (primary N) is 1. The Bertz CT molecular complexity index is 414. The van der Waals surface area contributed by atoms with Crippen molar-refractivity contribution < 1.29 is 13.2 Å². The first-order valence-corrected chi connectivity index (χ1v) is 5.90. The summed E-state index contributed by atoms with van der Waals surface area (Å²) in [4.78, 5) is 4.09. The zero-order valence-corrected chi connectivity index (χ0v) is 10.0. The zero-order chi connectivity index (χ0) is 13.3. The van der Waals surface area contributed by atoms with Gasteiger partial charge in [0, 0.05) is 12.5 Å². The summed E-state index contributed by atoms with van der Waals surface area (Å²) in [5, 5.41) is 6.85. The average Bonchev–Trinajstić information content (AvgIpc) is 2.66. The number of halogens is 3. The van der Waals surface area contributed by atoms with E-state index in [0.29, 0.717) is 25.2 Å². The molecule has 1 aliphatic rings. The molecule has 0 saturated carbocycles. The van der Waals surface area contributed by atoms with E-state index in [-0.39, 0.29) is 18.4 Å². The van der Waals surface area contributed by atoms with Gasteiger partial charge in [0.15, 0.2) is 11.9 Å². The molecule has 0 aromatic carbocycles. The van der Waals surface area contributed by atoms with E-state index in [1.165, 1.54) is 0 Å². The minimum absolute atomic E-state index is 0.0316. The Morgan fingerprint density at radius 1 is 1.50 bits per heavy atom. The molecule has 8 heteroatoms. The molecule has 3 N–H and O–H groups in total. The molecule has 0 amide bonds. The van der Waals surface area contributed by atoms with Crippen LogP contribution in [0.4, 0.5) is 19.1 Å². The normalized spacial score (nSPS) is 23.6. The van der Waals surface area contributed by atoms with Crippen LogP contribution in [0.15, 0.2) is 0 Å². The van der Waals surface area contributed by atoms with E-state index in [1.54, 1.807) is 6.92 Å². The Kier molecular flexibility index (Phi) is 3.47. The highest BCUT2D eigenvalue weighted by atomic mass is 19.4. The highest BCUT2D eigenvalue weighted by Gasteiger charge is 2.46. The van der Waals surface area contributed by atoms with Gasteiger partial charge in [0.1, 0.15) is 0 Å². The van der Waals surface area contributed by atoms with Gasteiger partial charge in [-0.15, -0.1) is 0 Å². The quantitative estimate of drug-likeness (QED) is 0.866. The molecule has 0 aliphatic carbocycles. The van der Waals surface area contributed by atoms with Crippen LogP contribution < -0.4 is 11.1 Å². The first kappa shape index (κ1) is 13.1. The third kappa shape index (κ3) is 2.58. The van der Waals surface area contributed by atoms with Gasteiger partial charge in [-0.1, -0.05) is 0 Å². The molecule has 2 atom stereocenters. The number of hydrogen-bond acceptors (Lipinski definition) is 4. The van der Waals surface area contributed by atoms with Crippen LogP contribution in [0.1, 0.15) is 31.6 Å². The Morgan fingerprint density at radius 2 is 2.22 bits per heavy atom. The van der Waals surface area contributed by atoms with Crippen LogP contribution in [0.5, 0.6) is 0 Å². The largest absolute Gasteiger partial charge is 0.411 e. The first-order valence-electron chi connectivity index (χ1n) is 5.90. The second kappa shape index (κ2) is 4.75. The van der Waals surface area contributed by atoms with Crippen LogP contribution in [-0.4, -0.2) is 33.5 Å². The minimum atomic E-state index is -4.30. The van der Waals surface area contributed by atoms with Crippen molar-refractivity contribution >= 4 is 5.95 Å². The van der Waals surface area contributed by atoms with Crippen molar-refractivity contribution in [1.29, 1.82) is 0 Å². The van der Waals surface area contributed by atoms with Gasteiger partial charge in [-0.05, 0) is 26.3 Å². The smallest absolute Gasteiger partial charge is 0.352 e. The molecule has 102 valence electrons. The van der Waals surface area contributed by atoms with Gasteiger partial charge in [0.05, 0.1) is 0 Å². The van der Waals surface area contributed by atoms with Gasteiger partial charge < -0.3 is 11.1 Å². The average molecular weight is 263 g/mol. The van der Waals surface area contributed by atoms with Crippen LogP contribution in [0.2, 0.25) is 0 Å². The molecule has 1 aromatic heterocycles. The molecule has 18 heavy (non-hydrogen) atoms. The van der Waals surface area contributed by atoms with Gasteiger partial charge in [-0.25, -0.2) is 4.68 Å². The van der Waals surface area contributed by atoms with Crippen molar-refractivity contribution in [2.45, 2.75) is 44.4 Å². The van der Waals surface area contributed by atoms with Gasteiger partial charge in [-0.2, -0.15) is 23.3 Å². The Balaban J connectivity index is 2.27. The first-order chi connectivity index (χ1) is 8.41. The van der Waals surface area contributed by atoms with Gasteiger partial charge in [-0.3, -0.25) is 0 Å². The lowest BCUT2D eigenvalue weighted by Gasteiger charge is -2.30. The minimum Gasteiger partial charge on any atom is -0.352 e. The van der Waals surface area contributed by atoms with E-state index < -0.39 is 12.2 Å². The number of aryl methyl sites for hydroxylation is 1. The summed E-state index contributed by atoms with van der Waals surface area (Å²) in [5.74, 6) is 0.606. The third-order valence-corrected chi connectivity index (χ3v) is 2.91. The van der Waals surface area contributed by atoms with Crippen LogP contribution in [0, 0.1) is 0 Å². The number of hydrogen-bond donors (Lipinski definition) is 2. The fraction of sp³-hybridized carbons (Fsp3) is 0.800. The number of anilines is 1. The molecule has 2 rings (SSSR count). The Morgan fingerprint density at radius 3 is 2.83 bits per heavy atom. The Labute approximate surface area is 103 Å². The van der Waals surface area contributed by atoms with Crippen molar-refractivity contribution in [3.8, 4) is 0 Å². The second-order valence-electron chi connectivity index (χ2n) is 4.53. The van der Waals surface area contributed by atoms with Crippen molar-refractivity contribution in [3.05, 3.63) is 5.82 Å². The lowest BCUT2D eigenvalue weighted by atomic mass is 10.1. The number of aromatic nitrogens is 3. The maximum absolute atomic E-state index is 12.9. The number of nitrogens with zero attached hydrogens (tertiary/aromatic N) is 3. The van der Waals surface area contributed by atoms with Crippen LogP contribution in [0.3, 0.4) is 0 Å². The summed E-state index contributed by atoms with van der Waals surface area (Å²) in [6.45, 7) is 2.17. The summed E-state index contributed by atoms with van der Waals surface area (Å²) in [5.41, 5.74) is 5.36. The van der Waals surface area contributed by atoms with Crippen LogP contribution >= 0.6 is 0 Å². The third-order valence-electron chi connectivity index (χ3n) is 2.91. The van der Waals surface area contributed by atoms with E-state index in [9.17, 15) is 13.2 Å². The SMILES string of the molecule is CC1CC(C(F)(F)F)n2nc(CCCN)nc2N1. The van der Waals surface area contributed by atoms with Gasteiger partial charge in [0.2, 0.25) is 5.95 Å². The summed E-state index contributed by atoms with van der Waals surface area (Å²) >= 11 is 0. The van der Waals surface area contributed by atoms with Crippen molar-refractivity contribution in [2.75, 3.05) is 11.9 Å². The maximum atomic E-state index is 12.9. The molecule has 1 aliphatic heterocycles. The van der Waals surface area contributed by atoms with Crippen LogP contribution in [0.25, 0.3) is 0 Å². The van der Waals surface area contributed by atoms with E-state index in [2.05, 4.69) is 15.4 Å². The molecule has 0 saturated heterocycles. The molecule has 0 fully saturated rings. The molecule has 2 unspecified atom stereocenters. The fourth-order valence-corrected chi connectivity index (χ4v) is 2.04. The van der Waals surface area contributed by atoms with E-state index in [1.807, 2.05) is 0 Å². The molecule has 0 radical (unpaired) electrons. The predicted octanol–water partition coefficient (Wildman–Crippen LogP) is 1.48. The van der Waals surface area contributed by atoms with E-state index in [4.69, 9.17) is 5.73 Å². The molecular weight excluding hydrogens is 247 g/mol. The maximum Gasteiger partial charge on any atom is 0.411 e. The summed E-state index contributed by atoms with van der Waals surface area (Å²) in [7, 11) is 0. The molecule has 0 bridgehead atoms.